The second-order valence-corrected chi connectivity index (χ2v) is 6.88. The molecule has 7 nitrogen and oxygen atoms in total. The average molecular weight is 315 g/mol. The Morgan fingerprint density at radius 3 is 2.80 bits per heavy atom. The number of fused-ring (bicyclic) bond motifs is 1. The van der Waals surface area contributed by atoms with E-state index >= 15 is 0 Å². The van der Waals surface area contributed by atoms with Crippen LogP contribution < -0.4 is 15.8 Å². The fraction of sp³-hybridized carbons (Fsp3) is 0.455. The number of nitrogens with one attached hydrogen (secondary N) is 2. The van der Waals surface area contributed by atoms with E-state index in [2.05, 4.69) is 27.5 Å². The largest absolute Gasteiger partial charge is 0.368 e. The molecule has 9 heteroatoms. The molecular formula is C11H17N5O2S2. The highest BCUT2D eigenvalue weighted by Gasteiger charge is 2.09. The summed E-state index contributed by atoms with van der Waals surface area (Å²) in [6.45, 7) is 3.06. The molecule has 0 radical (unpaired) electrons. The summed E-state index contributed by atoms with van der Waals surface area (Å²) in [7, 11) is -3.48. The fourth-order valence-electron chi connectivity index (χ4n) is 1.62. The number of nitrogens with zero attached hydrogens (tertiary/aromatic N) is 2. The van der Waals surface area contributed by atoms with Gasteiger partial charge in [-0.1, -0.05) is 6.92 Å². The molecule has 0 bridgehead atoms. The van der Waals surface area contributed by atoms with Crippen molar-refractivity contribution < 1.29 is 8.42 Å². The topological polar surface area (TPSA) is 110 Å². The van der Waals surface area contributed by atoms with Gasteiger partial charge < -0.3 is 10.6 Å². The minimum absolute atomic E-state index is 0.139. The van der Waals surface area contributed by atoms with Crippen LogP contribution in [0.15, 0.2) is 11.4 Å². The molecule has 2 heterocycles. The summed E-state index contributed by atoms with van der Waals surface area (Å²) in [5.74, 6) is 1.03. The molecule has 0 aliphatic rings. The van der Waals surface area contributed by atoms with Crippen molar-refractivity contribution in [3.05, 3.63) is 11.4 Å². The Morgan fingerprint density at radius 2 is 2.10 bits per heavy atom. The molecule has 0 aromatic carbocycles. The van der Waals surface area contributed by atoms with Gasteiger partial charge >= 0.3 is 0 Å². The van der Waals surface area contributed by atoms with E-state index in [1.165, 1.54) is 11.3 Å². The number of nitrogens with two attached hydrogens (primary N) is 1. The van der Waals surface area contributed by atoms with E-state index in [4.69, 9.17) is 5.14 Å². The Hall–Kier alpha value is -1.45. The molecule has 110 valence electrons. The van der Waals surface area contributed by atoms with Crippen LogP contribution in [0, 0.1) is 0 Å². The van der Waals surface area contributed by atoms with E-state index < -0.39 is 10.0 Å². The molecule has 0 atom stereocenters. The van der Waals surface area contributed by atoms with Crippen LogP contribution in [0.1, 0.15) is 13.3 Å². The first-order valence-corrected chi connectivity index (χ1v) is 8.82. The number of anilines is 2. The quantitative estimate of drug-likeness (QED) is 0.708. The second kappa shape index (κ2) is 6.33. The number of rotatable bonds is 7. The van der Waals surface area contributed by atoms with Crippen LogP contribution in [0.3, 0.4) is 0 Å². The Kier molecular flexibility index (Phi) is 4.73. The number of thiophene rings is 1. The van der Waals surface area contributed by atoms with E-state index in [-0.39, 0.29) is 12.3 Å². The van der Waals surface area contributed by atoms with Crippen LogP contribution in [0.4, 0.5) is 11.8 Å². The van der Waals surface area contributed by atoms with Crippen LogP contribution in [0.25, 0.3) is 10.2 Å². The summed E-state index contributed by atoms with van der Waals surface area (Å²) in [6.07, 6.45) is 0.972. The molecule has 0 spiro atoms. The predicted molar refractivity (Wildman–Crippen MR) is 82.7 cm³/mol. The van der Waals surface area contributed by atoms with Crippen molar-refractivity contribution in [3.8, 4) is 0 Å². The van der Waals surface area contributed by atoms with Crippen LogP contribution in [-0.4, -0.2) is 37.2 Å². The molecule has 0 aliphatic heterocycles. The third-order valence-electron chi connectivity index (χ3n) is 2.54. The molecule has 2 aromatic rings. The van der Waals surface area contributed by atoms with Gasteiger partial charge in [-0.2, -0.15) is 4.98 Å². The molecule has 2 rings (SSSR count). The van der Waals surface area contributed by atoms with Crippen molar-refractivity contribution in [2.75, 3.05) is 29.5 Å². The minimum atomic E-state index is -3.48. The first-order chi connectivity index (χ1) is 9.49. The number of hydrogen-bond acceptors (Lipinski definition) is 7. The second-order valence-electron chi connectivity index (χ2n) is 4.26. The molecule has 0 saturated carbocycles. The van der Waals surface area contributed by atoms with Gasteiger partial charge in [0.1, 0.15) is 10.6 Å². The maximum atomic E-state index is 10.9. The van der Waals surface area contributed by atoms with Crippen LogP contribution in [-0.2, 0) is 10.0 Å². The lowest BCUT2D eigenvalue weighted by molar-refractivity contribution is 0.598. The van der Waals surface area contributed by atoms with Gasteiger partial charge in [-0.25, -0.2) is 18.5 Å². The Bertz CT molecular complexity index is 683. The van der Waals surface area contributed by atoms with Gasteiger partial charge in [-0.05, 0) is 17.9 Å². The van der Waals surface area contributed by atoms with Crippen LogP contribution >= 0.6 is 11.3 Å². The monoisotopic (exact) mass is 315 g/mol. The van der Waals surface area contributed by atoms with Gasteiger partial charge in [0.15, 0.2) is 0 Å². The van der Waals surface area contributed by atoms with Gasteiger partial charge in [0.2, 0.25) is 16.0 Å². The van der Waals surface area contributed by atoms with E-state index in [1.54, 1.807) is 0 Å². The van der Waals surface area contributed by atoms with Crippen molar-refractivity contribution in [3.63, 3.8) is 0 Å². The van der Waals surface area contributed by atoms with Gasteiger partial charge in [0.05, 0.1) is 11.1 Å². The summed E-state index contributed by atoms with van der Waals surface area (Å²) in [6, 6.07) is 1.91. The lowest BCUT2D eigenvalue weighted by atomic mass is 10.4. The van der Waals surface area contributed by atoms with Gasteiger partial charge in [-0.15, -0.1) is 11.3 Å². The maximum Gasteiger partial charge on any atom is 0.226 e. The Labute approximate surface area is 121 Å². The van der Waals surface area contributed by atoms with E-state index in [0.717, 1.165) is 23.2 Å². The van der Waals surface area contributed by atoms with Crippen LogP contribution in [0.2, 0.25) is 0 Å². The highest BCUT2D eigenvalue weighted by Crippen LogP contribution is 2.26. The first-order valence-electron chi connectivity index (χ1n) is 6.23. The lowest BCUT2D eigenvalue weighted by Gasteiger charge is -2.09. The Morgan fingerprint density at radius 1 is 1.30 bits per heavy atom. The highest BCUT2D eigenvalue weighted by atomic mass is 32.2. The van der Waals surface area contributed by atoms with E-state index in [1.807, 2.05) is 11.4 Å². The predicted octanol–water partition coefficient (Wildman–Crippen LogP) is 1.21. The SMILES string of the molecule is CCCNc1nc(NCCS(N)(=O)=O)c2ccsc2n1. The van der Waals surface area contributed by atoms with Crippen molar-refractivity contribution >= 4 is 43.3 Å². The maximum absolute atomic E-state index is 10.9. The van der Waals surface area contributed by atoms with Crippen molar-refractivity contribution in [1.82, 2.24) is 9.97 Å². The molecule has 2 aromatic heterocycles. The third kappa shape index (κ3) is 4.02. The molecule has 0 unspecified atom stereocenters. The van der Waals surface area contributed by atoms with Gasteiger partial charge in [-0.3, -0.25) is 0 Å². The summed E-state index contributed by atoms with van der Waals surface area (Å²) in [4.78, 5) is 9.63. The highest BCUT2D eigenvalue weighted by molar-refractivity contribution is 7.89. The molecule has 20 heavy (non-hydrogen) atoms. The number of hydrogen-bond donors (Lipinski definition) is 3. The number of sulfonamides is 1. The summed E-state index contributed by atoms with van der Waals surface area (Å²) in [5, 5.41) is 13.9. The molecular weight excluding hydrogens is 298 g/mol. The molecule has 0 fully saturated rings. The van der Waals surface area contributed by atoms with Crippen molar-refractivity contribution in [2.45, 2.75) is 13.3 Å². The fourth-order valence-corrected chi connectivity index (χ4v) is 2.77. The lowest BCUT2D eigenvalue weighted by Crippen LogP contribution is -2.22. The average Bonchev–Trinajstić information content (AvgIpc) is 2.83. The zero-order valence-electron chi connectivity index (χ0n) is 11.1. The molecule has 0 aliphatic carbocycles. The standard InChI is InChI=1S/C11H17N5O2S2/c1-2-4-14-11-15-9(13-5-7-20(12,17)18)8-3-6-19-10(8)16-11/h3,6H,2,4-5,7H2,1H3,(H2,12,17,18)(H2,13,14,15,16). The normalized spacial score (nSPS) is 11.7. The first kappa shape index (κ1) is 14.9. The molecule has 0 saturated heterocycles. The smallest absolute Gasteiger partial charge is 0.226 e. The van der Waals surface area contributed by atoms with Gasteiger partial charge in [0.25, 0.3) is 0 Å². The van der Waals surface area contributed by atoms with E-state index in [0.29, 0.717) is 11.8 Å². The zero-order chi connectivity index (χ0) is 14.6. The summed E-state index contributed by atoms with van der Waals surface area (Å²) >= 11 is 1.51. The zero-order valence-corrected chi connectivity index (χ0v) is 12.7. The summed E-state index contributed by atoms with van der Waals surface area (Å²) in [5.41, 5.74) is 0. The molecule has 0 amide bonds. The number of primary sulfonamides is 1. The van der Waals surface area contributed by atoms with Crippen LogP contribution in [0.5, 0.6) is 0 Å². The third-order valence-corrected chi connectivity index (χ3v) is 4.12. The number of aromatic nitrogens is 2. The Balaban J connectivity index is 2.19. The minimum Gasteiger partial charge on any atom is -0.368 e. The van der Waals surface area contributed by atoms with Gasteiger partial charge in [0, 0.05) is 13.1 Å². The summed E-state index contributed by atoms with van der Waals surface area (Å²) < 4.78 is 21.9. The van der Waals surface area contributed by atoms with Crippen molar-refractivity contribution in [2.24, 2.45) is 5.14 Å². The van der Waals surface area contributed by atoms with Crippen molar-refractivity contribution in [1.29, 1.82) is 0 Å². The van der Waals surface area contributed by atoms with E-state index in [9.17, 15) is 8.42 Å². The molecule has 4 N–H and O–H groups in total.